The Morgan fingerprint density at radius 2 is 1.50 bits per heavy atom. The largest absolute Gasteiger partial charge is 0.573 e. The second-order valence-electron chi connectivity index (χ2n) is 8.19. The van der Waals surface area contributed by atoms with Gasteiger partial charge >= 0.3 is 6.36 Å². The van der Waals surface area contributed by atoms with Crippen LogP contribution < -0.4 is 14.8 Å². The highest BCUT2D eigenvalue weighted by atomic mass is 32.2. The van der Waals surface area contributed by atoms with Crippen LogP contribution in [0.3, 0.4) is 0 Å². The van der Waals surface area contributed by atoms with Crippen molar-refractivity contribution >= 4 is 27.2 Å². The third kappa shape index (κ3) is 6.53. The molecular formula is C26H17F4N5O4S. The molecule has 0 aliphatic rings. The van der Waals surface area contributed by atoms with E-state index in [-0.39, 0.29) is 28.0 Å². The van der Waals surface area contributed by atoms with E-state index in [0.717, 1.165) is 24.3 Å². The molecule has 0 saturated heterocycles. The van der Waals surface area contributed by atoms with Crippen molar-refractivity contribution in [2.75, 3.05) is 10.0 Å². The zero-order valence-corrected chi connectivity index (χ0v) is 20.9. The van der Waals surface area contributed by atoms with Crippen molar-refractivity contribution < 1.29 is 35.2 Å². The number of hydrogen-bond acceptors (Lipinski definition) is 8. The van der Waals surface area contributed by atoms with Gasteiger partial charge < -0.3 is 14.6 Å². The second-order valence-corrected chi connectivity index (χ2v) is 9.87. The molecule has 0 unspecified atom stereocenters. The van der Waals surface area contributed by atoms with Gasteiger partial charge in [0.2, 0.25) is 5.82 Å². The predicted octanol–water partition coefficient (Wildman–Crippen LogP) is 6.38. The lowest BCUT2D eigenvalue weighted by atomic mass is 10.2. The monoisotopic (exact) mass is 571 g/mol. The van der Waals surface area contributed by atoms with E-state index in [1.165, 1.54) is 42.6 Å². The Morgan fingerprint density at radius 1 is 0.825 bits per heavy atom. The van der Waals surface area contributed by atoms with Gasteiger partial charge in [-0.05, 0) is 84.9 Å². The molecule has 9 nitrogen and oxygen atoms in total. The van der Waals surface area contributed by atoms with Gasteiger partial charge in [0.05, 0.1) is 4.90 Å². The zero-order valence-electron chi connectivity index (χ0n) is 20.1. The predicted molar refractivity (Wildman–Crippen MR) is 137 cm³/mol. The molecule has 5 aromatic rings. The highest BCUT2D eigenvalue weighted by Gasteiger charge is 2.31. The fourth-order valence-electron chi connectivity index (χ4n) is 3.49. The number of pyridine rings is 1. The molecule has 5 rings (SSSR count). The molecule has 204 valence electrons. The molecule has 0 fully saturated rings. The summed E-state index contributed by atoms with van der Waals surface area (Å²) in [5.41, 5.74) is 1.82. The summed E-state index contributed by atoms with van der Waals surface area (Å²) >= 11 is 0. The smallest absolute Gasteiger partial charge is 0.406 e. The van der Waals surface area contributed by atoms with Crippen molar-refractivity contribution in [3.8, 4) is 28.6 Å². The van der Waals surface area contributed by atoms with Gasteiger partial charge in [-0.3, -0.25) is 4.72 Å². The molecule has 40 heavy (non-hydrogen) atoms. The first kappa shape index (κ1) is 26.6. The van der Waals surface area contributed by atoms with Crippen LogP contribution in [0.4, 0.5) is 34.8 Å². The summed E-state index contributed by atoms with van der Waals surface area (Å²) in [7, 11) is -3.91. The minimum absolute atomic E-state index is 0.0850. The van der Waals surface area contributed by atoms with Crippen molar-refractivity contribution in [2.45, 2.75) is 11.3 Å². The summed E-state index contributed by atoms with van der Waals surface area (Å²) in [6.07, 6.45) is -3.28. The van der Waals surface area contributed by atoms with Crippen LogP contribution in [0.25, 0.3) is 22.8 Å². The lowest BCUT2D eigenvalue weighted by molar-refractivity contribution is -0.274. The minimum atomic E-state index is -4.78. The maximum Gasteiger partial charge on any atom is 0.573 e. The number of benzene rings is 3. The number of ether oxygens (including phenoxy) is 1. The molecule has 3 aromatic carbocycles. The number of nitrogens with zero attached hydrogens (tertiary/aromatic N) is 3. The van der Waals surface area contributed by atoms with Gasteiger partial charge in [0, 0.05) is 28.7 Å². The number of nitrogens with one attached hydrogen (secondary N) is 2. The molecule has 2 heterocycles. The van der Waals surface area contributed by atoms with Crippen LogP contribution in [0.5, 0.6) is 5.75 Å². The third-order valence-corrected chi connectivity index (χ3v) is 6.71. The Kier molecular flexibility index (Phi) is 7.09. The molecule has 0 saturated carbocycles. The van der Waals surface area contributed by atoms with Crippen LogP contribution >= 0.6 is 0 Å². The molecule has 0 spiro atoms. The van der Waals surface area contributed by atoms with Crippen molar-refractivity contribution in [1.82, 2.24) is 15.1 Å². The van der Waals surface area contributed by atoms with E-state index in [2.05, 4.69) is 29.9 Å². The number of sulfonamides is 1. The summed E-state index contributed by atoms with van der Waals surface area (Å²) in [4.78, 5) is 8.48. The van der Waals surface area contributed by atoms with E-state index in [9.17, 15) is 26.0 Å². The molecule has 0 bridgehead atoms. The molecule has 0 aliphatic heterocycles. The van der Waals surface area contributed by atoms with Crippen molar-refractivity contribution in [3.63, 3.8) is 0 Å². The van der Waals surface area contributed by atoms with Crippen molar-refractivity contribution in [3.05, 3.63) is 96.9 Å². The van der Waals surface area contributed by atoms with Gasteiger partial charge in [-0.2, -0.15) is 4.98 Å². The lowest BCUT2D eigenvalue weighted by Gasteiger charge is -2.10. The fraction of sp³-hybridized carbons (Fsp3) is 0.0385. The van der Waals surface area contributed by atoms with Gasteiger partial charge in [0.15, 0.2) is 0 Å². The molecule has 2 aromatic heterocycles. The normalized spacial score (nSPS) is 11.7. The highest BCUT2D eigenvalue weighted by Crippen LogP contribution is 2.28. The van der Waals surface area contributed by atoms with Crippen LogP contribution in [0.15, 0.2) is 101 Å². The molecule has 0 aliphatic carbocycles. The first-order valence-corrected chi connectivity index (χ1v) is 12.8. The Labute approximate surface area is 224 Å². The number of anilines is 3. The van der Waals surface area contributed by atoms with Gasteiger partial charge in [0.25, 0.3) is 15.9 Å². The van der Waals surface area contributed by atoms with Crippen LogP contribution in [0.2, 0.25) is 0 Å². The SMILES string of the molecule is O=S(=O)(Nc1ccc(-c2nc(-c3ccnc(Nc4ccc(OC(F)(F)F)cc4)c3)no2)cc1)c1ccc(F)cc1. The van der Waals surface area contributed by atoms with Crippen molar-refractivity contribution in [1.29, 1.82) is 0 Å². The number of hydrogen-bond donors (Lipinski definition) is 2. The molecule has 2 N–H and O–H groups in total. The minimum Gasteiger partial charge on any atom is -0.406 e. The first-order chi connectivity index (χ1) is 19.0. The highest BCUT2D eigenvalue weighted by molar-refractivity contribution is 7.92. The Bertz CT molecular complexity index is 1730. The average Bonchev–Trinajstić information content (AvgIpc) is 3.40. The van der Waals surface area contributed by atoms with Gasteiger partial charge in [-0.15, -0.1) is 13.2 Å². The second kappa shape index (κ2) is 10.6. The van der Waals surface area contributed by atoms with Crippen LogP contribution in [0.1, 0.15) is 0 Å². The average molecular weight is 572 g/mol. The Hall–Kier alpha value is -4.98. The Balaban J connectivity index is 1.26. The molecule has 0 atom stereocenters. The van der Waals surface area contributed by atoms with E-state index in [4.69, 9.17) is 4.52 Å². The van der Waals surface area contributed by atoms with Crippen molar-refractivity contribution in [2.24, 2.45) is 0 Å². The summed E-state index contributed by atoms with van der Waals surface area (Å²) in [5.74, 6) is -0.0943. The summed E-state index contributed by atoms with van der Waals surface area (Å²) in [6, 6.07) is 19.1. The van der Waals surface area contributed by atoms with Crippen LogP contribution in [-0.4, -0.2) is 29.9 Å². The van der Waals surface area contributed by atoms with Crippen LogP contribution in [-0.2, 0) is 10.0 Å². The number of alkyl halides is 3. The maximum atomic E-state index is 13.1. The Morgan fingerprint density at radius 3 is 2.17 bits per heavy atom. The molecule has 0 amide bonds. The van der Waals surface area contributed by atoms with E-state index in [1.54, 1.807) is 24.3 Å². The maximum absolute atomic E-state index is 13.1. The standard InChI is InChI=1S/C26H17F4N5O4S/c27-18-3-11-22(12-4-18)40(36,37)35-20-5-1-16(2-6-20)25-33-24(34-39-25)17-13-14-31-23(15-17)32-19-7-9-21(10-8-19)38-26(28,29)30/h1-15,35H,(H,31,32). The quantitative estimate of drug-likeness (QED) is 0.206. The number of aromatic nitrogens is 3. The topological polar surface area (TPSA) is 119 Å². The fourth-order valence-corrected chi connectivity index (χ4v) is 4.55. The number of rotatable bonds is 8. The third-order valence-electron chi connectivity index (χ3n) is 5.31. The summed E-state index contributed by atoms with van der Waals surface area (Å²) in [5, 5.41) is 6.95. The summed E-state index contributed by atoms with van der Waals surface area (Å²) in [6.45, 7) is 0. The molecule has 0 radical (unpaired) electrons. The van der Waals surface area contributed by atoms with Crippen LogP contribution in [0, 0.1) is 5.82 Å². The van der Waals surface area contributed by atoms with E-state index in [1.807, 2.05) is 0 Å². The van der Waals surface area contributed by atoms with Gasteiger partial charge in [0.1, 0.15) is 17.4 Å². The van der Waals surface area contributed by atoms with Gasteiger partial charge in [-0.25, -0.2) is 17.8 Å². The molecule has 14 heteroatoms. The van der Waals surface area contributed by atoms with E-state index < -0.39 is 22.2 Å². The van der Waals surface area contributed by atoms with Gasteiger partial charge in [-0.1, -0.05) is 5.16 Å². The zero-order chi connectivity index (χ0) is 28.3. The summed E-state index contributed by atoms with van der Waals surface area (Å²) < 4.78 is 86.8. The lowest BCUT2D eigenvalue weighted by Crippen LogP contribution is -2.16. The van der Waals surface area contributed by atoms with E-state index >= 15 is 0 Å². The first-order valence-electron chi connectivity index (χ1n) is 11.4. The molecular weight excluding hydrogens is 554 g/mol. The number of halogens is 4. The van der Waals surface area contributed by atoms with E-state index in [0.29, 0.717) is 22.6 Å².